The Kier molecular flexibility index (Phi) is 5.47. The topological polar surface area (TPSA) is 82.4 Å². The van der Waals surface area contributed by atoms with E-state index in [4.69, 9.17) is 9.47 Å². The molecule has 1 rings (SSSR count). The SMILES string of the molecule is CCOC(OCC)C(=O)NC(=O)c1ccnn1C. The Balaban J connectivity index is 2.63. The van der Waals surface area contributed by atoms with Gasteiger partial charge in [-0.25, -0.2) is 0 Å². The summed E-state index contributed by atoms with van der Waals surface area (Å²) in [7, 11) is 1.61. The van der Waals surface area contributed by atoms with Crippen LogP contribution in [0, 0.1) is 0 Å². The summed E-state index contributed by atoms with van der Waals surface area (Å²) in [6.45, 7) is 4.11. The molecule has 0 saturated heterocycles. The van der Waals surface area contributed by atoms with Crippen LogP contribution in [0.3, 0.4) is 0 Å². The molecule has 1 aromatic rings. The predicted octanol–water partition coefficient (Wildman–Crippen LogP) is 0.0756. The molecule has 0 saturated carbocycles. The molecule has 0 radical (unpaired) electrons. The summed E-state index contributed by atoms with van der Waals surface area (Å²) in [4.78, 5) is 23.5. The first-order chi connectivity index (χ1) is 8.60. The van der Waals surface area contributed by atoms with Gasteiger partial charge in [0.05, 0.1) is 0 Å². The Bertz CT molecular complexity index is 410. The average Bonchev–Trinajstić information content (AvgIpc) is 2.75. The van der Waals surface area contributed by atoms with Crippen molar-refractivity contribution in [1.29, 1.82) is 0 Å². The molecule has 0 fully saturated rings. The fraction of sp³-hybridized carbons (Fsp3) is 0.545. The van der Waals surface area contributed by atoms with Gasteiger partial charge in [0.2, 0.25) is 6.29 Å². The van der Waals surface area contributed by atoms with Crippen LogP contribution in [0.25, 0.3) is 0 Å². The number of amides is 2. The second-order valence-electron chi connectivity index (χ2n) is 3.40. The van der Waals surface area contributed by atoms with E-state index in [1.807, 2.05) is 0 Å². The first-order valence-corrected chi connectivity index (χ1v) is 5.66. The first kappa shape index (κ1) is 14.3. The van der Waals surface area contributed by atoms with E-state index in [0.29, 0.717) is 13.2 Å². The maximum atomic E-state index is 11.7. The Morgan fingerprint density at radius 2 is 2.00 bits per heavy atom. The molecule has 0 bridgehead atoms. The monoisotopic (exact) mass is 255 g/mol. The minimum Gasteiger partial charge on any atom is -0.345 e. The van der Waals surface area contributed by atoms with Crippen LogP contribution in [0.2, 0.25) is 0 Å². The third-order valence-electron chi connectivity index (χ3n) is 2.14. The molecule has 0 aliphatic rings. The second-order valence-corrected chi connectivity index (χ2v) is 3.40. The molecule has 1 N–H and O–H groups in total. The van der Waals surface area contributed by atoms with Crippen molar-refractivity contribution in [3.63, 3.8) is 0 Å². The second kappa shape index (κ2) is 6.87. The highest BCUT2D eigenvalue weighted by Gasteiger charge is 2.22. The maximum Gasteiger partial charge on any atom is 0.283 e. The highest BCUT2D eigenvalue weighted by atomic mass is 16.7. The zero-order valence-corrected chi connectivity index (χ0v) is 10.7. The Hall–Kier alpha value is -1.73. The van der Waals surface area contributed by atoms with Crippen LogP contribution in [-0.4, -0.2) is 41.1 Å². The summed E-state index contributed by atoms with van der Waals surface area (Å²) in [5, 5.41) is 6.05. The molecule has 0 atom stereocenters. The number of hydrogen-bond donors (Lipinski definition) is 1. The number of nitrogens with one attached hydrogen (secondary N) is 1. The summed E-state index contributed by atoms with van der Waals surface area (Å²) in [5.74, 6) is -1.16. The Labute approximate surface area is 105 Å². The fourth-order valence-electron chi connectivity index (χ4n) is 1.33. The minimum absolute atomic E-state index is 0.287. The van der Waals surface area contributed by atoms with Gasteiger partial charge in [-0.2, -0.15) is 5.10 Å². The molecule has 100 valence electrons. The molecule has 2 amide bonds. The van der Waals surface area contributed by atoms with Crippen LogP contribution < -0.4 is 5.32 Å². The molecule has 0 aliphatic heterocycles. The van der Waals surface area contributed by atoms with Gasteiger partial charge in [-0.15, -0.1) is 0 Å². The predicted molar refractivity (Wildman–Crippen MR) is 62.7 cm³/mol. The normalized spacial score (nSPS) is 10.7. The zero-order valence-electron chi connectivity index (χ0n) is 10.7. The van der Waals surface area contributed by atoms with E-state index in [0.717, 1.165) is 0 Å². The molecule has 7 heteroatoms. The zero-order chi connectivity index (χ0) is 13.5. The molecule has 0 spiro atoms. The van der Waals surface area contributed by atoms with Crippen molar-refractivity contribution in [2.24, 2.45) is 7.05 Å². The summed E-state index contributed by atoms with van der Waals surface area (Å²) < 4.78 is 11.5. The van der Waals surface area contributed by atoms with E-state index in [1.54, 1.807) is 20.9 Å². The van der Waals surface area contributed by atoms with Crippen molar-refractivity contribution < 1.29 is 19.1 Å². The molecule has 18 heavy (non-hydrogen) atoms. The third-order valence-corrected chi connectivity index (χ3v) is 2.14. The smallest absolute Gasteiger partial charge is 0.283 e. The van der Waals surface area contributed by atoms with E-state index >= 15 is 0 Å². The van der Waals surface area contributed by atoms with Crippen LogP contribution in [0.4, 0.5) is 0 Å². The van der Waals surface area contributed by atoms with Crippen LogP contribution in [0.15, 0.2) is 12.3 Å². The van der Waals surface area contributed by atoms with Gasteiger partial charge in [-0.3, -0.25) is 19.6 Å². The summed E-state index contributed by atoms with van der Waals surface area (Å²) >= 11 is 0. The lowest BCUT2D eigenvalue weighted by molar-refractivity contribution is -0.169. The molecular weight excluding hydrogens is 238 g/mol. The first-order valence-electron chi connectivity index (χ1n) is 5.66. The number of rotatable bonds is 6. The van der Waals surface area contributed by atoms with E-state index in [2.05, 4.69) is 10.4 Å². The van der Waals surface area contributed by atoms with E-state index < -0.39 is 18.1 Å². The summed E-state index contributed by atoms with van der Waals surface area (Å²) in [6, 6.07) is 1.51. The standard InChI is InChI=1S/C11H17N3O4/c1-4-17-11(18-5-2)10(16)13-9(15)8-6-7-12-14(8)3/h6-7,11H,4-5H2,1-3H3,(H,13,15,16). The van der Waals surface area contributed by atoms with Crippen LogP contribution in [0.1, 0.15) is 24.3 Å². The molecule has 1 aromatic heterocycles. The van der Waals surface area contributed by atoms with Crippen molar-refractivity contribution in [3.05, 3.63) is 18.0 Å². The van der Waals surface area contributed by atoms with Gasteiger partial charge < -0.3 is 9.47 Å². The van der Waals surface area contributed by atoms with Crippen molar-refractivity contribution in [2.75, 3.05) is 13.2 Å². The number of nitrogens with zero attached hydrogens (tertiary/aromatic N) is 2. The maximum absolute atomic E-state index is 11.7. The van der Waals surface area contributed by atoms with E-state index in [1.165, 1.54) is 16.9 Å². The number of ether oxygens (including phenoxy) is 2. The van der Waals surface area contributed by atoms with Gasteiger partial charge in [-0.1, -0.05) is 0 Å². The molecule has 1 heterocycles. The highest BCUT2D eigenvalue weighted by Crippen LogP contribution is 1.99. The molecule has 0 unspecified atom stereocenters. The molecular formula is C11H17N3O4. The Morgan fingerprint density at radius 3 is 2.44 bits per heavy atom. The molecule has 0 aromatic carbocycles. The lowest BCUT2D eigenvalue weighted by Crippen LogP contribution is -2.42. The summed E-state index contributed by atoms with van der Waals surface area (Å²) in [6.07, 6.45) is 0.402. The Morgan fingerprint density at radius 1 is 1.39 bits per heavy atom. The van der Waals surface area contributed by atoms with Gasteiger partial charge in [0.1, 0.15) is 5.69 Å². The number of aromatic nitrogens is 2. The van der Waals surface area contributed by atoms with Crippen molar-refractivity contribution in [1.82, 2.24) is 15.1 Å². The van der Waals surface area contributed by atoms with Crippen molar-refractivity contribution in [3.8, 4) is 0 Å². The fourth-order valence-corrected chi connectivity index (χ4v) is 1.33. The van der Waals surface area contributed by atoms with Gasteiger partial charge in [0.15, 0.2) is 0 Å². The minimum atomic E-state index is -1.07. The number of aryl methyl sites for hydroxylation is 1. The largest absolute Gasteiger partial charge is 0.345 e. The molecule has 7 nitrogen and oxygen atoms in total. The van der Waals surface area contributed by atoms with Crippen molar-refractivity contribution >= 4 is 11.8 Å². The average molecular weight is 255 g/mol. The highest BCUT2D eigenvalue weighted by molar-refractivity contribution is 6.04. The molecule has 0 aliphatic carbocycles. The van der Waals surface area contributed by atoms with Gasteiger partial charge >= 0.3 is 0 Å². The van der Waals surface area contributed by atoms with Crippen molar-refractivity contribution in [2.45, 2.75) is 20.1 Å². The lowest BCUT2D eigenvalue weighted by Gasteiger charge is -2.15. The van der Waals surface area contributed by atoms with Gasteiger partial charge in [0, 0.05) is 26.5 Å². The number of imide groups is 1. The van der Waals surface area contributed by atoms with E-state index in [-0.39, 0.29) is 5.69 Å². The number of carbonyl (C=O) groups excluding carboxylic acids is 2. The quantitative estimate of drug-likeness (QED) is 0.728. The van der Waals surface area contributed by atoms with E-state index in [9.17, 15) is 9.59 Å². The number of carbonyl (C=O) groups is 2. The summed E-state index contributed by atoms with van der Waals surface area (Å²) in [5.41, 5.74) is 0.287. The lowest BCUT2D eigenvalue weighted by atomic mass is 10.4. The number of hydrogen-bond acceptors (Lipinski definition) is 5. The van der Waals surface area contributed by atoms with Gasteiger partial charge in [0.25, 0.3) is 11.8 Å². The van der Waals surface area contributed by atoms with Crippen LogP contribution >= 0.6 is 0 Å². The van der Waals surface area contributed by atoms with Gasteiger partial charge in [-0.05, 0) is 19.9 Å². The third kappa shape index (κ3) is 3.64. The van der Waals surface area contributed by atoms with Crippen LogP contribution in [0.5, 0.6) is 0 Å². The van der Waals surface area contributed by atoms with Crippen LogP contribution in [-0.2, 0) is 21.3 Å².